The molecule has 0 bridgehead atoms. The number of aliphatic carboxylic acids is 1. The molecule has 1 N–H and O–H groups in total. The molecule has 2 atom stereocenters. The number of nitrogens with zero attached hydrogens (tertiary/aromatic N) is 1. The monoisotopic (exact) mass is 227 g/mol. The Bertz CT molecular complexity index is 238. The minimum Gasteiger partial charge on any atom is -0.480 e. The van der Waals surface area contributed by atoms with Crippen molar-refractivity contribution in [3.8, 4) is 0 Å². The Labute approximate surface area is 98.8 Å². The van der Waals surface area contributed by atoms with Crippen molar-refractivity contribution < 1.29 is 9.90 Å². The average molecular weight is 227 g/mol. The Morgan fingerprint density at radius 1 is 1.38 bits per heavy atom. The standard InChI is InChI=1S/C13H25NO2/c1-4-11-8-7-9-13(10-11,12(15)16)14(5-2)6-3/h11H,4-10H2,1-3H3,(H,15,16). The minimum absolute atomic E-state index is 0.581. The third kappa shape index (κ3) is 2.40. The van der Waals surface area contributed by atoms with Crippen LogP contribution in [0.2, 0.25) is 0 Å². The van der Waals surface area contributed by atoms with Crippen molar-refractivity contribution in [2.24, 2.45) is 5.92 Å². The molecule has 0 saturated heterocycles. The van der Waals surface area contributed by atoms with Crippen molar-refractivity contribution in [2.45, 2.75) is 58.4 Å². The summed E-state index contributed by atoms with van der Waals surface area (Å²) in [5.41, 5.74) is -0.581. The molecule has 0 radical (unpaired) electrons. The van der Waals surface area contributed by atoms with Gasteiger partial charge in [0.15, 0.2) is 0 Å². The number of hydrogen-bond donors (Lipinski definition) is 1. The molecule has 0 amide bonds. The van der Waals surface area contributed by atoms with Gasteiger partial charge in [-0.2, -0.15) is 0 Å². The third-order valence-corrected chi connectivity index (χ3v) is 4.17. The molecular formula is C13H25NO2. The molecule has 0 heterocycles. The Morgan fingerprint density at radius 3 is 2.44 bits per heavy atom. The number of carbonyl (C=O) groups is 1. The fourth-order valence-electron chi connectivity index (χ4n) is 3.16. The van der Waals surface area contributed by atoms with Crippen LogP contribution in [0.5, 0.6) is 0 Å². The molecule has 0 aliphatic heterocycles. The highest BCUT2D eigenvalue weighted by atomic mass is 16.4. The van der Waals surface area contributed by atoms with E-state index in [9.17, 15) is 9.90 Å². The van der Waals surface area contributed by atoms with Gasteiger partial charge in [0.2, 0.25) is 0 Å². The molecule has 1 fully saturated rings. The van der Waals surface area contributed by atoms with E-state index in [0.29, 0.717) is 5.92 Å². The van der Waals surface area contributed by atoms with E-state index in [4.69, 9.17) is 0 Å². The van der Waals surface area contributed by atoms with Crippen LogP contribution < -0.4 is 0 Å². The lowest BCUT2D eigenvalue weighted by atomic mass is 9.73. The van der Waals surface area contributed by atoms with E-state index in [1.54, 1.807) is 0 Å². The number of carboxylic acid groups (broad SMARTS) is 1. The Balaban J connectivity index is 2.90. The first-order valence-corrected chi connectivity index (χ1v) is 6.59. The van der Waals surface area contributed by atoms with Gasteiger partial charge in [-0.05, 0) is 31.8 Å². The zero-order valence-electron chi connectivity index (χ0n) is 10.8. The molecule has 3 nitrogen and oxygen atoms in total. The summed E-state index contributed by atoms with van der Waals surface area (Å²) in [5.74, 6) is -0.0280. The van der Waals surface area contributed by atoms with Gasteiger partial charge in [-0.15, -0.1) is 0 Å². The maximum Gasteiger partial charge on any atom is 0.324 e. The largest absolute Gasteiger partial charge is 0.480 e. The van der Waals surface area contributed by atoms with Gasteiger partial charge in [-0.1, -0.05) is 40.0 Å². The van der Waals surface area contributed by atoms with Crippen LogP contribution in [-0.4, -0.2) is 34.6 Å². The summed E-state index contributed by atoms with van der Waals surface area (Å²) < 4.78 is 0. The van der Waals surface area contributed by atoms with Crippen molar-refractivity contribution in [3.63, 3.8) is 0 Å². The highest BCUT2D eigenvalue weighted by Gasteiger charge is 2.45. The molecule has 16 heavy (non-hydrogen) atoms. The molecule has 1 aliphatic carbocycles. The lowest BCUT2D eigenvalue weighted by Gasteiger charge is -2.44. The smallest absolute Gasteiger partial charge is 0.324 e. The number of carboxylic acids is 1. The van der Waals surface area contributed by atoms with Crippen molar-refractivity contribution in [1.82, 2.24) is 4.90 Å². The zero-order valence-corrected chi connectivity index (χ0v) is 10.8. The first-order chi connectivity index (χ1) is 7.60. The SMILES string of the molecule is CCC1CCCC(C(=O)O)(N(CC)CC)C1. The van der Waals surface area contributed by atoms with Crippen LogP contribution in [0.4, 0.5) is 0 Å². The summed E-state index contributed by atoms with van der Waals surface area (Å²) in [4.78, 5) is 13.8. The second-order valence-electron chi connectivity index (χ2n) is 4.88. The van der Waals surface area contributed by atoms with Crippen molar-refractivity contribution >= 4 is 5.97 Å². The molecule has 0 aromatic rings. The zero-order chi connectivity index (χ0) is 12.2. The van der Waals surface area contributed by atoms with E-state index in [-0.39, 0.29) is 0 Å². The van der Waals surface area contributed by atoms with E-state index in [2.05, 4.69) is 25.7 Å². The van der Waals surface area contributed by atoms with Gasteiger partial charge < -0.3 is 5.11 Å². The Kier molecular flexibility index (Phi) is 4.78. The molecule has 1 aliphatic rings. The fourth-order valence-corrected chi connectivity index (χ4v) is 3.16. The molecule has 94 valence electrons. The first-order valence-electron chi connectivity index (χ1n) is 6.59. The van der Waals surface area contributed by atoms with Gasteiger partial charge in [-0.3, -0.25) is 9.69 Å². The van der Waals surface area contributed by atoms with Crippen LogP contribution in [0.25, 0.3) is 0 Å². The molecule has 1 rings (SSSR count). The molecule has 3 heteroatoms. The highest BCUT2D eigenvalue weighted by molar-refractivity contribution is 5.79. The van der Waals surface area contributed by atoms with E-state index < -0.39 is 11.5 Å². The molecular weight excluding hydrogens is 202 g/mol. The summed E-state index contributed by atoms with van der Waals surface area (Å²) in [5, 5.41) is 9.59. The molecule has 1 saturated carbocycles. The van der Waals surface area contributed by atoms with Crippen molar-refractivity contribution in [2.75, 3.05) is 13.1 Å². The summed E-state index contributed by atoms with van der Waals surface area (Å²) >= 11 is 0. The predicted molar refractivity (Wildman–Crippen MR) is 65.5 cm³/mol. The normalized spacial score (nSPS) is 30.6. The number of likely N-dealkylation sites (N-methyl/N-ethyl adjacent to an activating group) is 1. The minimum atomic E-state index is -0.616. The van der Waals surface area contributed by atoms with E-state index in [0.717, 1.165) is 38.8 Å². The topological polar surface area (TPSA) is 40.5 Å². The summed E-state index contributed by atoms with van der Waals surface area (Å²) in [6.07, 6.45) is 5.02. The Morgan fingerprint density at radius 2 is 2.00 bits per heavy atom. The van der Waals surface area contributed by atoms with Crippen LogP contribution in [0.15, 0.2) is 0 Å². The first kappa shape index (κ1) is 13.5. The summed E-state index contributed by atoms with van der Waals surface area (Å²) in [7, 11) is 0. The van der Waals surface area contributed by atoms with Gasteiger partial charge in [0.05, 0.1) is 0 Å². The summed E-state index contributed by atoms with van der Waals surface area (Å²) in [6.45, 7) is 7.96. The molecule has 0 aromatic heterocycles. The predicted octanol–water partition coefficient (Wildman–Crippen LogP) is 2.75. The average Bonchev–Trinajstić information content (AvgIpc) is 2.30. The van der Waals surface area contributed by atoms with Crippen LogP contribution in [-0.2, 0) is 4.79 Å². The van der Waals surface area contributed by atoms with Gasteiger partial charge in [0, 0.05) is 0 Å². The maximum absolute atomic E-state index is 11.7. The molecule has 2 unspecified atom stereocenters. The Hall–Kier alpha value is -0.570. The van der Waals surface area contributed by atoms with Gasteiger partial charge in [-0.25, -0.2) is 0 Å². The van der Waals surface area contributed by atoms with E-state index >= 15 is 0 Å². The van der Waals surface area contributed by atoms with Crippen molar-refractivity contribution in [3.05, 3.63) is 0 Å². The maximum atomic E-state index is 11.7. The van der Waals surface area contributed by atoms with E-state index in [1.165, 1.54) is 6.42 Å². The summed E-state index contributed by atoms with van der Waals surface area (Å²) in [6, 6.07) is 0. The molecule has 0 spiro atoms. The van der Waals surface area contributed by atoms with E-state index in [1.807, 2.05) is 0 Å². The van der Waals surface area contributed by atoms with Crippen LogP contribution in [0.1, 0.15) is 52.9 Å². The van der Waals surface area contributed by atoms with Gasteiger partial charge >= 0.3 is 5.97 Å². The van der Waals surface area contributed by atoms with Crippen LogP contribution in [0, 0.1) is 5.92 Å². The van der Waals surface area contributed by atoms with Crippen molar-refractivity contribution in [1.29, 1.82) is 0 Å². The van der Waals surface area contributed by atoms with Crippen LogP contribution in [0.3, 0.4) is 0 Å². The van der Waals surface area contributed by atoms with Gasteiger partial charge in [0.1, 0.15) is 5.54 Å². The third-order valence-electron chi connectivity index (χ3n) is 4.17. The number of rotatable bonds is 5. The second-order valence-corrected chi connectivity index (χ2v) is 4.88. The fraction of sp³-hybridized carbons (Fsp3) is 0.923. The second kappa shape index (κ2) is 5.67. The lowest BCUT2D eigenvalue weighted by Crippen LogP contribution is -2.57. The lowest BCUT2D eigenvalue weighted by molar-refractivity contribution is -0.155. The highest BCUT2D eigenvalue weighted by Crippen LogP contribution is 2.38. The van der Waals surface area contributed by atoms with Gasteiger partial charge in [0.25, 0.3) is 0 Å². The quantitative estimate of drug-likeness (QED) is 0.785. The number of hydrogen-bond acceptors (Lipinski definition) is 2. The van der Waals surface area contributed by atoms with Crippen LogP contribution >= 0.6 is 0 Å². The molecule has 0 aromatic carbocycles.